The maximum Gasteiger partial charge on any atom is 0.411 e. The summed E-state index contributed by atoms with van der Waals surface area (Å²) in [5.41, 5.74) is -0.904. The summed E-state index contributed by atoms with van der Waals surface area (Å²) >= 11 is 0. The van der Waals surface area contributed by atoms with Crippen LogP contribution in [0.2, 0.25) is 0 Å². The van der Waals surface area contributed by atoms with Crippen LogP contribution in [0.1, 0.15) is 56.9 Å². The van der Waals surface area contributed by atoms with E-state index in [0.717, 1.165) is 19.3 Å². The summed E-state index contributed by atoms with van der Waals surface area (Å²) in [6.07, 6.45) is 5.83. The van der Waals surface area contributed by atoms with E-state index >= 15 is 0 Å². The van der Waals surface area contributed by atoms with E-state index in [-0.39, 0.29) is 42.3 Å². The van der Waals surface area contributed by atoms with Crippen LogP contribution >= 0.6 is 0 Å². The predicted octanol–water partition coefficient (Wildman–Crippen LogP) is 2.18. The highest BCUT2D eigenvalue weighted by Gasteiger charge is 2.62. The first kappa shape index (κ1) is 29.6. The van der Waals surface area contributed by atoms with Crippen LogP contribution in [0.3, 0.4) is 0 Å². The SMILES string of the molecule is CN1CCCC/C=C\[C@H]2C[C@@]2(C(=O)NS(=O)(=O)C2CC2)NC(=O)[C@H]2C[C@@H](OC(=O)Nc3ccccc3C#N)C[C@@H]2C1=O. The van der Waals surface area contributed by atoms with Gasteiger partial charge in [0.1, 0.15) is 17.7 Å². The standard InChI is InChI=1S/C29H35N5O7S/c1-34-13-7-3-2-4-9-19-16-29(19,27(37)33-42(39,40)21-11-12-21)32-25(35)22-14-20(15-23(22)26(34)36)41-28(38)31-24-10-6-5-8-18(24)17-30/h4-6,8-10,19-23H,2-3,7,11-16H2,1H3,(H,31,38)(H,32,35)(H,33,37)/b9-4-/t19-,20+,22-,23-,29+/m0/s1. The number of sulfonamides is 1. The summed E-state index contributed by atoms with van der Waals surface area (Å²) < 4.78 is 32.9. The number of hydrogen-bond acceptors (Lipinski definition) is 8. The van der Waals surface area contributed by atoms with Gasteiger partial charge in [0.15, 0.2) is 0 Å². The quantitative estimate of drug-likeness (QED) is 0.433. The number of carbonyl (C=O) groups excluding carboxylic acids is 4. The Balaban J connectivity index is 1.35. The highest BCUT2D eigenvalue weighted by Crippen LogP contribution is 2.47. The van der Waals surface area contributed by atoms with Crippen LogP contribution < -0.4 is 15.4 Å². The van der Waals surface area contributed by atoms with Crippen LogP contribution in [0.5, 0.6) is 0 Å². The number of rotatable bonds is 5. The number of para-hydroxylation sites is 1. The third-order valence-electron chi connectivity index (χ3n) is 8.55. The molecule has 3 saturated carbocycles. The Morgan fingerprint density at radius 1 is 1.14 bits per heavy atom. The van der Waals surface area contributed by atoms with Crippen molar-refractivity contribution in [1.82, 2.24) is 14.9 Å². The minimum Gasteiger partial charge on any atom is -0.446 e. The Kier molecular flexibility index (Phi) is 8.28. The summed E-state index contributed by atoms with van der Waals surface area (Å²) in [4.78, 5) is 54.9. The van der Waals surface area contributed by atoms with Crippen LogP contribution in [0.25, 0.3) is 0 Å². The number of allylic oxidation sites excluding steroid dienone is 1. The lowest BCUT2D eigenvalue weighted by Gasteiger charge is -2.26. The van der Waals surface area contributed by atoms with Crippen LogP contribution in [-0.2, 0) is 29.1 Å². The molecular weight excluding hydrogens is 562 g/mol. The smallest absolute Gasteiger partial charge is 0.411 e. The van der Waals surface area contributed by atoms with Crippen LogP contribution in [0, 0.1) is 29.1 Å². The topological polar surface area (TPSA) is 175 Å². The number of anilines is 1. The molecule has 1 aromatic carbocycles. The van der Waals surface area contributed by atoms with Gasteiger partial charge in [-0.15, -0.1) is 0 Å². The fourth-order valence-corrected chi connectivity index (χ4v) is 7.24. The molecule has 3 N–H and O–H groups in total. The molecule has 1 aliphatic heterocycles. The molecule has 13 heteroatoms. The molecule has 0 bridgehead atoms. The number of carbonyl (C=O) groups is 4. The number of benzene rings is 1. The second kappa shape index (κ2) is 11.8. The second-order valence-electron chi connectivity index (χ2n) is 11.6. The maximum atomic E-state index is 13.8. The maximum absolute atomic E-state index is 13.8. The largest absolute Gasteiger partial charge is 0.446 e. The molecule has 1 heterocycles. The fraction of sp³-hybridized carbons (Fsp3) is 0.552. The predicted molar refractivity (Wildman–Crippen MR) is 151 cm³/mol. The van der Waals surface area contributed by atoms with Crippen molar-refractivity contribution in [2.75, 3.05) is 18.9 Å². The lowest BCUT2D eigenvalue weighted by molar-refractivity contribution is -0.140. The zero-order valence-corrected chi connectivity index (χ0v) is 24.2. The average molecular weight is 598 g/mol. The lowest BCUT2D eigenvalue weighted by atomic mass is 9.93. The van der Waals surface area contributed by atoms with Crippen LogP contribution in [-0.4, -0.2) is 67.6 Å². The van der Waals surface area contributed by atoms with Gasteiger partial charge in [-0.05, 0) is 63.5 Å². The van der Waals surface area contributed by atoms with Crippen molar-refractivity contribution in [3.8, 4) is 6.07 Å². The Morgan fingerprint density at radius 3 is 2.62 bits per heavy atom. The van der Waals surface area contributed by atoms with Gasteiger partial charge in [-0.2, -0.15) is 5.26 Å². The Hall–Kier alpha value is -3.92. The van der Waals surface area contributed by atoms with Gasteiger partial charge in [0, 0.05) is 19.5 Å². The van der Waals surface area contributed by atoms with Crippen molar-refractivity contribution in [1.29, 1.82) is 5.26 Å². The van der Waals surface area contributed by atoms with Gasteiger partial charge in [0.2, 0.25) is 21.8 Å². The van der Waals surface area contributed by atoms with Crippen molar-refractivity contribution in [3.05, 3.63) is 42.0 Å². The van der Waals surface area contributed by atoms with E-state index in [0.29, 0.717) is 19.4 Å². The summed E-state index contributed by atoms with van der Waals surface area (Å²) in [6.45, 7) is 0.503. The summed E-state index contributed by atoms with van der Waals surface area (Å²) in [5, 5.41) is 14.1. The second-order valence-corrected chi connectivity index (χ2v) is 13.6. The van der Waals surface area contributed by atoms with Gasteiger partial charge in [0.25, 0.3) is 5.91 Å². The number of fused-ring (bicyclic) bond motifs is 2. The van der Waals surface area contributed by atoms with E-state index < -0.39 is 56.7 Å². The number of hydrogen-bond donors (Lipinski definition) is 3. The zero-order chi connectivity index (χ0) is 30.1. The molecule has 12 nitrogen and oxygen atoms in total. The van der Waals surface area contributed by atoms with Gasteiger partial charge in [-0.25, -0.2) is 13.2 Å². The van der Waals surface area contributed by atoms with Gasteiger partial charge >= 0.3 is 6.09 Å². The molecule has 1 aromatic rings. The van der Waals surface area contributed by atoms with Crippen LogP contribution in [0.4, 0.5) is 10.5 Å². The van der Waals surface area contributed by atoms with E-state index in [9.17, 15) is 32.9 Å². The molecule has 0 saturated heterocycles. The first-order valence-corrected chi connectivity index (χ1v) is 15.8. The van der Waals surface area contributed by atoms with Crippen molar-refractivity contribution in [2.45, 2.75) is 68.3 Å². The van der Waals surface area contributed by atoms with Crippen LogP contribution in [0.15, 0.2) is 36.4 Å². The van der Waals surface area contributed by atoms with E-state index in [2.05, 4.69) is 15.4 Å². The van der Waals surface area contributed by atoms with E-state index in [1.54, 1.807) is 36.2 Å². The van der Waals surface area contributed by atoms with Gasteiger partial charge in [0.05, 0.1) is 28.3 Å². The minimum atomic E-state index is -3.83. The number of nitrogens with zero attached hydrogens (tertiary/aromatic N) is 2. The number of nitrogens with one attached hydrogen (secondary N) is 3. The van der Waals surface area contributed by atoms with E-state index in [1.807, 2.05) is 18.2 Å². The molecule has 0 radical (unpaired) electrons. The Labute approximate surface area is 244 Å². The van der Waals surface area contributed by atoms with E-state index in [4.69, 9.17) is 4.74 Å². The molecular formula is C29H35N5O7S. The van der Waals surface area contributed by atoms with Crippen molar-refractivity contribution >= 4 is 39.5 Å². The molecule has 0 unspecified atom stereocenters. The van der Waals surface area contributed by atoms with E-state index in [1.165, 1.54) is 0 Å². The Bertz CT molecular complexity index is 1450. The molecule has 4 amide bonds. The molecule has 0 aromatic heterocycles. The minimum absolute atomic E-state index is 0.0436. The van der Waals surface area contributed by atoms with Crippen molar-refractivity contribution in [3.63, 3.8) is 0 Å². The molecule has 0 spiro atoms. The first-order valence-electron chi connectivity index (χ1n) is 14.3. The molecule has 3 aliphatic carbocycles. The van der Waals surface area contributed by atoms with Crippen molar-refractivity contribution in [2.24, 2.45) is 17.8 Å². The average Bonchev–Trinajstić information content (AvgIpc) is 3.87. The third-order valence-corrected chi connectivity index (χ3v) is 10.4. The molecule has 4 aliphatic rings. The Morgan fingerprint density at radius 2 is 1.88 bits per heavy atom. The van der Waals surface area contributed by atoms with Gasteiger partial charge in [-0.3, -0.25) is 24.4 Å². The fourth-order valence-electron chi connectivity index (χ4n) is 5.87. The molecule has 224 valence electrons. The molecule has 5 atom stereocenters. The lowest BCUT2D eigenvalue weighted by Crippen LogP contribution is -2.54. The monoisotopic (exact) mass is 597 g/mol. The summed E-state index contributed by atoms with van der Waals surface area (Å²) in [6, 6.07) is 8.43. The summed E-state index contributed by atoms with van der Waals surface area (Å²) in [7, 11) is -2.16. The first-order chi connectivity index (χ1) is 20.0. The molecule has 5 rings (SSSR count). The number of amides is 4. The number of ether oxygens (including phenoxy) is 1. The summed E-state index contributed by atoms with van der Waals surface area (Å²) in [5.74, 6) is -3.67. The highest BCUT2D eigenvalue weighted by atomic mass is 32.2. The molecule has 3 fully saturated rings. The normalized spacial score (nSPS) is 30.4. The third kappa shape index (κ3) is 6.28. The van der Waals surface area contributed by atoms with Crippen molar-refractivity contribution < 1.29 is 32.3 Å². The highest BCUT2D eigenvalue weighted by molar-refractivity contribution is 7.91. The molecule has 42 heavy (non-hydrogen) atoms. The van der Waals surface area contributed by atoms with Gasteiger partial charge in [-0.1, -0.05) is 24.3 Å². The van der Waals surface area contributed by atoms with Gasteiger partial charge < -0.3 is 15.0 Å². The zero-order valence-electron chi connectivity index (χ0n) is 23.4. The number of nitriles is 1.